The summed E-state index contributed by atoms with van der Waals surface area (Å²) in [5.41, 5.74) is 4.62. The van der Waals surface area contributed by atoms with E-state index in [1.807, 2.05) is 66.3 Å². The molecule has 3 aromatic rings. The van der Waals surface area contributed by atoms with E-state index in [0.29, 0.717) is 22.4 Å². The quantitative estimate of drug-likeness (QED) is 0.268. The molecule has 0 spiro atoms. The topological polar surface area (TPSA) is 56.6 Å². The first kappa shape index (κ1) is 24.7. The third kappa shape index (κ3) is 5.26. The molecular formula is C28H29N3O3S2. The number of aryl methyl sites for hydroxylation is 1. The predicted molar refractivity (Wildman–Crippen MR) is 148 cm³/mol. The van der Waals surface area contributed by atoms with Gasteiger partial charge in [-0.3, -0.25) is 9.69 Å². The van der Waals surface area contributed by atoms with Gasteiger partial charge in [-0.25, -0.2) is 4.68 Å². The summed E-state index contributed by atoms with van der Waals surface area (Å²) in [5, 5.41) is 4.92. The number of benzene rings is 2. The second-order valence-electron chi connectivity index (χ2n) is 8.97. The van der Waals surface area contributed by atoms with Crippen LogP contribution in [0.25, 0.3) is 23.0 Å². The molecule has 1 aromatic heterocycles. The number of carbonyl (C=O) groups is 1. The molecule has 2 fully saturated rings. The van der Waals surface area contributed by atoms with Crippen LogP contribution in [0.4, 0.5) is 0 Å². The lowest BCUT2D eigenvalue weighted by Crippen LogP contribution is -2.35. The van der Waals surface area contributed by atoms with Crippen LogP contribution in [0.15, 0.2) is 59.6 Å². The maximum atomic E-state index is 13.3. The van der Waals surface area contributed by atoms with Crippen LogP contribution in [-0.2, 0) is 9.53 Å². The van der Waals surface area contributed by atoms with Crippen LogP contribution in [-0.4, -0.2) is 50.8 Å². The number of para-hydroxylation sites is 1. The minimum Gasteiger partial charge on any atom is -0.493 e. The summed E-state index contributed by atoms with van der Waals surface area (Å²) < 4.78 is 14.0. The van der Waals surface area contributed by atoms with Crippen molar-refractivity contribution >= 4 is 40.3 Å². The highest BCUT2D eigenvalue weighted by atomic mass is 32.2. The Morgan fingerprint density at radius 3 is 2.81 bits per heavy atom. The molecule has 2 saturated heterocycles. The Labute approximate surface area is 221 Å². The van der Waals surface area contributed by atoms with Crippen molar-refractivity contribution < 1.29 is 14.3 Å². The maximum Gasteiger partial charge on any atom is 0.266 e. The summed E-state index contributed by atoms with van der Waals surface area (Å²) in [6, 6.07) is 16.1. The Hall–Kier alpha value is -2.94. The van der Waals surface area contributed by atoms with Crippen molar-refractivity contribution in [3.05, 3.63) is 70.8 Å². The number of thioether (sulfide) groups is 1. The van der Waals surface area contributed by atoms with Crippen molar-refractivity contribution in [2.75, 3.05) is 19.8 Å². The van der Waals surface area contributed by atoms with Gasteiger partial charge in [0.2, 0.25) is 0 Å². The second kappa shape index (κ2) is 11.0. The Balaban J connectivity index is 1.50. The molecule has 0 bridgehead atoms. The maximum absolute atomic E-state index is 13.3. The Morgan fingerprint density at radius 2 is 2.08 bits per heavy atom. The molecule has 1 amide bonds. The molecule has 186 valence electrons. The van der Waals surface area contributed by atoms with Crippen molar-refractivity contribution in [3.63, 3.8) is 0 Å². The average molecular weight is 520 g/mol. The molecule has 36 heavy (non-hydrogen) atoms. The van der Waals surface area contributed by atoms with Gasteiger partial charge < -0.3 is 9.47 Å². The van der Waals surface area contributed by atoms with E-state index in [9.17, 15) is 4.79 Å². The van der Waals surface area contributed by atoms with Gasteiger partial charge in [0, 0.05) is 23.9 Å². The molecule has 2 aliphatic rings. The summed E-state index contributed by atoms with van der Waals surface area (Å²) in [6.07, 6.45) is 6.87. The summed E-state index contributed by atoms with van der Waals surface area (Å²) in [6.45, 7) is 6.07. The fourth-order valence-corrected chi connectivity index (χ4v) is 5.66. The van der Waals surface area contributed by atoms with Crippen LogP contribution < -0.4 is 4.74 Å². The van der Waals surface area contributed by atoms with Gasteiger partial charge in [-0.2, -0.15) is 5.10 Å². The van der Waals surface area contributed by atoms with Gasteiger partial charge in [0.05, 0.1) is 29.8 Å². The zero-order valence-corrected chi connectivity index (χ0v) is 22.1. The number of rotatable bonds is 8. The van der Waals surface area contributed by atoms with E-state index in [1.165, 1.54) is 11.8 Å². The van der Waals surface area contributed by atoms with Crippen molar-refractivity contribution in [1.29, 1.82) is 0 Å². The number of carbonyl (C=O) groups excluding carboxylic acids is 1. The third-order valence-electron chi connectivity index (χ3n) is 6.24. The molecule has 0 unspecified atom stereocenters. The zero-order chi connectivity index (χ0) is 25.1. The molecule has 2 aromatic carbocycles. The lowest BCUT2D eigenvalue weighted by molar-refractivity contribution is -0.123. The van der Waals surface area contributed by atoms with E-state index >= 15 is 0 Å². The first-order chi connectivity index (χ1) is 17.5. The largest absolute Gasteiger partial charge is 0.493 e. The molecule has 0 aliphatic carbocycles. The third-order valence-corrected chi connectivity index (χ3v) is 7.62. The highest BCUT2D eigenvalue weighted by molar-refractivity contribution is 8.26. The number of amides is 1. The van der Waals surface area contributed by atoms with E-state index in [0.717, 1.165) is 59.7 Å². The number of aromatic nitrogens is 2. The van der Waals surface area contributed by atoms with Crippen LogP contribution in [0.2, 0.25) is 0 Å². The number of hydrogen-bond acceptors (Lipinski definition) is 6. The van der Waals surface area contributed by atoms with Crippen molar-refractivity contribution in [1.82, 2.24) is 14.7 Å². The summed E-state index contributed by atoms with van der Waals surface area (Å²) in [4.78, 5) is 15.6. The van der Waals surface area contributed by atoms with E-state index in [2.05, 4.69) is 13.0 Å². The number of nitrogens with zero attached hydrogens (tertiary/aromatic N) is 3. The van der Waals surface area contributed by atoms with Crippen molar-refractivity contribution in [3.8, 4) is 22.7 Å². The van der Waals surface area contributed by atoms with Gasteiger partial charge in [-0.15, -0.1) is 0 Å². The minimum absolute atomic E-state index is 0.0552. The van der Waals surface area contributed by atoms with E-state index in [-0.39, 0.29) is 12.0 Å². The number of ether oxygens (including phenoxy) is 2. The fraction of sp³-hybridized carbons (Fsp3) is 0.321. The molecule has 0 saturated carbocycles. The zero-order valence-electron chi connectivity index (χ0n) is 20.5. The molecule has 5 rings (SSSR count). The summed E-state index contributed by atoms with van der Waals surface area (Å²) in [5.74, 6) is 0.804. The fourth-order valence-electron chi connectivity index (χ4n) is 4.39. The van der Waals surface area contributed by atoms with Crippen LogP contribution in [0.5, 0.6) is 5.75 Å². The molecule has 2 aliphatic heterocycles. The monoisotopic (exact) mass is 519 g/mol. The Bertz CT molecular complexity index is 1300. The van der Waals surface area contributed by atoms with Gasteiger partial charge in [0.25, 0.3) is 5.91 Å². The first-order valence-electron chi connectivity index (χ1n) is 12.3. The van der Waals surface area contributed by atoms with Gasteiger partial charge in [0.1, 0.15) is 15.8 Å². The molecule has 6 nitrogen and oxygen atoms in total. The standard InChI is InChI=1S/C28H29N3O3S2/c1-3-13-34-24-12-11-20(15-19(24)2)26-21(17-31(29-26)22-8-5-4-6-9-22)16-25-27(32)30(28(35)36-25)18-23-10-7-14-33-23/h4-6,8-9,11-12,15-17,23H,3,7,10,13-14,18H2,1-2H3/b25-16-/t23-/m1/s1. The number of thiocarbonyl (C=S) groups is 1. The molecule has 0 N–H and O–H groups in total. The van der Waals surface area contributed by atoms with Crippen molar-refractivity contribution in [2.45, 2.75) is 39.2 Å². The van der Waals surface area contributed by atoms with E-state index in [4.69, 9.17) is 26.8 Å². The van der Waals surface area contributed by atoms with E-state index in [1.54, 1.807) is 4.90 Å². The lowest BCUT2D eigenvalue weighted by atomic mass is 10.0. The van der Waals surface area contributed by atoms with Gasteiger partial charge >= 0.3 is 0 Å². The smallest absolute Gasteiger partial charge is 0.266 e. The Morgan fingerprint density at radius 1 is 1.25 bits per heavy atom. The number of hydrogen-bond donors (Lipinski definition) is 0. The molecule has 1 atom stereocenters. The van der Waals surface area contributed by atoms with Crippen LogP contribution in [0, 0.1) is 6.92 Å². The summed E-state index contributed by atoms with van der Waals surface area (Å²) >= 11 is 6.90. The average Bonchev–Trinajstić information content (AvgIpc) is 3.61. The molecule has 0 radical (unpaired) electrons. The van der Waals surface area contributed by atoms with Gasteiger partial charge in [-0.1, -0.05) is 49.1 Å². The van der Waals surface area contributed by atoms with Gasteiger partial charge in [-0.05, 0) is 68.2 Å². The summed E-state index contributed by atoms with van der Waals surface area (Å²) in [7, 11) is 0. The van der Waals surface area contributed by atoms with Crippen LogP contribution in [0.3, 0.4) is 0 Å². The Kier molecular flexibility index (Phi) is 7.55. The second-order valence-corrected chi connectivity index (χ2v) is 10.6. The predicted octanol–water partition coefficient (Wildman–Crippen LogP) is 6.02. The van der Waals surface area contributed by atoms with Crippen LogP contribution >= 0.6 is 24.0 Å². The highest BCUT2D eigenvalue weighted by Crippen LogP contribution is 2.36. The lowest BCUT2D eigenvalue weighted by Gasteiger charge is -2.18. The normalized spacial score (nSPS) is 19.0. The molecule has 3 heterocycles. The van der Waals surface area contributed by atoms with Crippen molar-refractivity contribution in [2.24, 2.45) is 0 Å². The SMILES string of the molecule is CCCOc1ccc(-c2nn(-c3ccccc3)cc2/C=C2\SC(=S)N(C[C@H]3CCCO3)C2=O)cc1C. The van der Waals surface area contributed by atoms with Crippen LogP contribution in [0.1, 0.15) is 37.3 Å². The highest BCUT2D eigenvalue weighted by Gasteiger charge is 2.35. The first-order valence-corrected chi connectivity index (χ1v) is 13.5. The van der Waals surface area contributed by atoms with Gasteiger partial charge in [0.15, 0.2) is 0 Å². The molecule has 8 heteroatoms. The molecular weight excluding hydrogens is 490 g/mol. The minimum atomic E-state index is -0.0709. The van der Waals surface area contributed by atoms with E-state index < -0.39 is 0 Å².